The van der Waals surface area contributed by atoms with Crippen LogP contribution in [0.5, 0.6) is 5.75 Å². The third-order valence-corrected chi connectivity index (χ3v) is 4.84. The third-order valence-electron chi connectivity index (χ3n) is 3.87. The Morgan fingerprint density at radius 2 is 1.70 bits per heavy atom. The number of hydrogen-bond donors (Lipinski definition) is 1. The fraction of sp³-hybridized carbons (Fsp3) is 0. The van der Waals surface area contributed by atoms with Gasteiger partial charge < -0.3 is 5.11 Å². The topological polar surface area (TPSA) is 65.8 Å². The van der Waals surface area contributed by atoms with E-state index < -0.39 is 0 Å². The molecule has 0 unspecified atom stereocenters. The first-order valence-corrected chi connectivity index (χ1v) is 9.10. The van der Waals surface area contributed by atoms with Gasteiger partial charge in [-0.3, -0.25) is 9.69 Å². The van der Waals surface area contributed by atoms with Crippen LogP contribution < -0.4 is 4.90 Å². The molecular weight excluding hydrogens is 358 g/mol. The second-order valence-corrected chi connectivity index (χ2v) is 6.77. The smallest absolute Gasteiger partial charge is 0.271 e. The van der Waals surface area contributed by atoms with Gasteiger partial charge in [-0.2, -0.15) is 0 Å². The standard InChI is InChI=1S/C21H15N3O2S/c25-17-11-9-15(10-12-17)14-18-20(26)24(16-6-2-1-3-7-16)21(27-18)23-19-8-4-5-13-22-19/h1-14,25H/b18-14-,23-21+. The zero-order valence-electron chi connectivity index (χ0n) is 14.2. The molecule has 1 N–H and O–H groups in total. The number of pyridine rings is 1. The molecule has 1 aliphatic rings. The van der Waals surface area contributed by atoms with E-state index in [4.69, 9.17) is 0 Å². The van der Waals surface area contributed by atoms with E-state index in [9.17, 15) is 9.90 Å². The van der Waals surface area contributed by atoms with Crippen molar-refractivity contribution in [1.82, 2.24) is 4.98 Å². The molecule has 1 aromatic heterocycles. The summed E-state index contributed by atoms with van der Waals surface area (Å²) in [5.41, 5.74) is 1.58. The van der Waals surface area contributed by atoms with E-state index in [1.54, 1.807) is 47.5 Å². The van der Waals surface area contributed by atoms with Gasteiger partial charge in [0.05, 0.1) is 10.6 Å². The van der Waals surface area contributed by atoms with Crippen LogP contribution in [-0.2, 0) is 4.79 Å². The van der Waals surface area contributed by atoms with Crippen molar-refractivity contribution in [3.8, 4) is 5.75 Å². The van der Waals surface area contributed by atoms with E-state index in [0.29, 0.717) is 15.9 Å². The van der Waals surface area contributed by atoms with Gasteiger partial charge in [0.15, 0.2) is 11.0 Å². The number of aromatic hydroxyl groups is 1. The summed E-state index contributed by atoms with van der Waals surface area (Å²) < 4.78 is 0. The molecule has 4 rings (SSSR count). The minimum atomic E-state index is -0.144. The number of thioether (sulfide) groups is 1. The zero-order chi connectivity index (χ0) is 18.6. The molecule has 1 aliphatic heterocycles. The number of benzene rings is 2. The molecule has 0 atom stereocenters. The molecule has 2 heterocycles. The van der Waals surface area contributed by atoms with Gasteiger partial charge in [0.1, 0.15) is 5.75 Å². The maximum atomic E-state index is 13.1. The number of phenolic OH excluding ortho intramolecular Hbond substituents is 1. The molecule has 1 fully saturated rings. The van der Waals surface area contributed by atoms with Crippen LogP contribution in [0, 0.1) is 0 Å². The van der Waals surface area contributed by atoms with E-state index in [-0.39, 0.29) is 11.7 Å². The second-order valence-electron chi connectivity index (χ2n) is 5.76. The number of carbonyl (C=O) groups excluding carboxylic acids is 1. The van der Waals surface area contributed by atoms with E-state index in [0.717, 1.165) is 11.3 Å². The molecule has 0 spiro atoms. The minimum Gasteiger partial charge on any atom is -0.508 e. The lowest BCUT2D eigenvalue weighted by atomic mass is 10.2. The summed E-state index contributed by atoms with van der Waals surface area (Å²) in [6.45, 7) is 0. The molecule has 6 heteroatoms. The number of phenols is 1. The molecule has 5 nitrogen and oxygen atoms in total. The maximum absolute atomic E-state index is 13.1. The number of nitrogens with zero attached hydrogens (tertiary/aromatic N) is 3. The summed E-state index contributed by atoms with van der Waals surface area (Å²) in [7, 11) is 0. The van der Waals surface area contributed by atoms with Crippen molar-refractivity contribution in [2.24, 2.45) is 4.99 Å². The van der Waals surface area contributed by atoms with Crippen molar-refractivity contribution in [1.29, 1.82) is 0 Å². The molecular formula is C21H15N3O2S. The van der Waals surface area contributed by atoms with E-state index in [1.807, 2.05) is 42.5 Å². The van der Waals surface area contributed by atoms with Crippen LogP contribution in [0.2, 0.25) is 0 Å². The molecule has 1 saturated heterocycles. The Morgan fingerprint density at radius 3 is 2.41 bits per heavy atom. The summed E-state index contributed by atoms with van der Waals surface area (Å²) in [4.78, 5) is 24.0. The Labute approximate surface area is 160 Å². The number of amides is 1. The van der Waals surface area contributed by atoms with E-state index in [2.05, 4.69) is 9.98 Å². The molecule has 132 valence electrons. The van der Waals surface area contributed by atoms with Gasteiger partial charge in [-0.05, 0) is 59.8 Å². The second kappa shape index (κ2) is 7.47. The fourth-order valence-electron chi connectivity index (χ4n) is 2.59. The first-order valence-electron chi connectivity index (χ1n) is 8.28. The van der Waals surface area contributed by atoms with Gasteiger partial charge in [0.25, 0.3) is 5.91 Å². The largest absolute Gasteiger partial charge is 0.508 e. The van der Waals surface area contributed by atoms with Crippen molar-refractivity contribution >= 4 is 40.4 Å². The first kappa shape index (κ1) is 17.1. The SMILES string of the molecule is O=C1/C(=C/c2ccc(O)cc2)S/C(=N/c2ccccn2)N1c1ccccc1. The highest BCUT2D eigenvalue weighted by atomic mass is 32.2. The van der Waals surface area contributed by atoms with Gasteiger partial charge in [-0.25, -0.2) is 9.98 Å². The number of hydrogen-bond acceptors (Lipinski definition) is 5. The summed E-state index contributed by atoms with van der Waals surface area (Å²) >= 11 is 1.30. The van der Waals surface area contributed by atoms with E-state index in [1.165, 1.54) is 11.8 Å². The van der Waals surface area contributed by atoms with E-state index >= 15 is 0 Å². The van der Waals surface area contributed by atoms with Crippen molar-refractivity contribution in [3.05, 3.63) is 89.5 Å². The minimum absolute atomic E-state index is 0.144. The molecule has 0 aliphatic carbocycles. The van der Waals surface area contributed by atoms with Crippen molar-refractivity contribution in [3.63, 3.8) is 0 Å². The lowest BCUT2D eigenvalue weighted by Gasteiger charge is -2.15. The quantitative estimate of drug-likeness (QED) is 0.682. The number of anilines is 1. The highest BCUT2D eigenvalue weighted by Gasteiger charge is 2.34. The fourth-order valence-corrected chi connectivity index (χ4v) is 3.58. The van der Waals surface area contributed by atoms with Crippen LogP contribution in [-0.4, -0.2) is 21.2 Å². The van der Waals surface area contributed by atoms with Crippen molar-refractivity contribution in [2.45, 2.75) is 0 Å². The highest BCUT2D eigenvalue weighted by Crippen LogP contribution is 2.37. The predicted molar refractivity (Wildman–Crippen MR) is 109 cm³/mol. The van der Waals surface area contributed by atoms with Crippen molar-refractivity contribution < 1.29 is 9.90 Å². The monoisotopic (exact) mass is 373 g/mol. The normalized spacial score (nSPS) is 17.0. The first-order chi connectivity index (χ1) is 13.2. The number of rotatable bonds is 3. The lowest BCUT2D eigenvalue weighted by Crippen LogP contribution is -2.28. The van der Waals surface area contributed by atoms with Crippen molar-refractivity contribution in [2.75, 3.05) is 4.90 Å². The van der Waals surface area contributed by atoms with Gasteiger partial charge in [0, 0.05) is 6.20 Å². The highest BCUT2D eigenvalue weighted by molar-refractivity contribution is 8.19. The molecule has 27 heavy (non-hydrogen) atoms. The van der Waals surface area contributed by atoms with Crippen LogP contribution in [0.25, 0.3) is 6.08 Å². The summed E-state index contributed by atoms with van der Waals surface area (Å²) in [6, 6.07) is 21.6. The Bertz CT molecular complexity index is 1020. The van der Waals surface area contributed by atoms with Crippen LogP contribution in [0.1, 0.15) is 5.56 Å². The Kier molecular flexibility index (Phi) is 4.72. The van der Waals surface area contributed by atoms with Crippen LogP contribution >= 0.6 is 11.8 Å². The zero-order valence-corrected chi connectivity index (χ0v) is 15.0. The average Bonchev–Trinajstić information content (AvgIpc) is 3.00. The van der Waals surface area contributed by atoms with Crippen LogP contribution in [0.3, 0.4) is 0 Å². The summed E-state index contributed by atoms with van der Waals surface area (Å²) in [6.07, 6.45) is 3.46. The Morgan fingerprint density at radius 1 is 0.963 bits per heavy atom. The van der Waals surface area contributed by atoms with Crippen LogP contribution in [0.4, 0.5) is 11.5 Å². The molecule has 1 amide bonds. The Balaban J connectivity index is 1.76. The number of para-hydroxylation sites is 1. The third kappa shape index (κ3) is 3.75. The van der Waals surface area contributed by atoms with Gasteiger partial charge >= 0.3 is 0 Å². The number of carbonyl (C=O) groups is 1. The van der Waals surface area contributed by atoms with Gasteiger partial charge in [-0.1, -0.05) is 36.4 Å². The van der Waals surface area contributed by atoms with Crippen LogP contribution in [0.15, 0.2) is 88.9 Å². The number of amidine groups is 1. The maximum Gasteiger partial charge on any atom is 0.271 e. The molecule has 3 aromatic rings. The number of aliphatic imine (C=N–C) groups is 1. The Hall–Kier alpha value is -3.38. The lowest BCUT2D eigenvalue weighted by molar-refractivity contribution is -0.113. The summed E-state index contributed by atoms with van der Waals surface area (Å²) in [5.74, 6) is 0.583. The average molecular weight is 373 g/mol. The van der Waals surface area contributed by atoms with Gasteiger partial charge in [-0.15, -0.1) is 0 Å². The molecule has 0 radical (unpaired) electrons. The predicted octanol–water partition coefficient (Wildman–Crippen LogP) is 4.60. The molecule has 0 saturated carbocycles. The summed E-state index contributed by atoms with van der Waals surface area (Å²) in [5, 5.41) is 9.99. The molecule has 2 aromatic carbocycles. The molecule has 0 bridgehead atoms. The van der Waals surface area contributed by atoms with Gasteiger partial charge in [0.2, 0.25) is 0 Å². The number of aromatic nitrogens is 1.